The van der Waals surface area contributed by atoms with E-state index in [1.54, 1.807) is 0 Å². The predicted molar refractivity (Wildman–Crippen MR) is 221 cm³/mol. The fourth-order valence-electron chi connectivity index (χ4n) is 8.77. The average Bonchev–Trinajstić information content (AvgIpc) is 3.79. The molecule has 0 fully saturated rings. The summed E-state index contributed by atoms with van der Waals surface area (Å²) in [5.41, 5.74) is 21.9. The SMILES string of the molecule is Cc1cc2c(c(-c3c(-c4ccccc4-c4ccccc4)nnnc3-c3c(-c4ccccc4)c(C)c(C)c4oc5ccccc5c34)c1C)Cc1ccccc1-2. The van der Waals surface area contributed by atoms with Crippen molar-refractivity contribution in [3.05, 3.63) is 173 Å². The van der Waals surface area contributed by atoms with E-state index in [1.807, 2.05) is 6.07 Å². The number of nitrogens with zero attached hydrogens (tertiary/aromatic N) is 3. The molecule has 2 aromatic heterocycles. The highest BCUT2D eigenvalue weighted by atomic mass is 16.3. The van der Waals surface area contributed by atoms with Gasteiger partial charge < -0.3 is 4.42 Å². The van der Waals surface area contributed by atoms with Gasteiger partial charge >= 0.3 is 0 Å². The van der Waals surface area contributed by atoms with Crippen LogP contribution in [0.5, 0.6) is 0 Å². The van der Waals surface area contributed by atoms with Crippen molar-refractivity contribution in [1.29, 1.82) is 0 Å². The molecule has 0 aliphatic heterocycles. The van der Waals surface area contributed by atoms with Gasteiger partial charge in [-0.1, -0.05) is 133 Å². The Morgan fingerprint density at radius 2 is 1.11 bits per heavy atom. The number of hydrogen-bond acceptors (Lipinski definition) is 4. The minimum atomic E-state index is 0.799. The normalized spacial score (nSPS) is 12.0. The zero-order chi connectivity index (χ0) is 36.5. The van der Waals surface area contributed by atoms with E-state index in [0.717, 1.165) is 89.8 Å². The van der Waals surface area contributed by atoms with Gasteiger partial charge in [0.05, 0.1) is 0 Å². The Morgan fingerprint density at radius 3 is 1.89 bits per heavy atom. The van der Waals surface area contributed by atoms with Crippen LogP contribution < -0.4 is 0 Å². The van der Waals surface area contributed by atoms with E-state index in [9.17, 15) is 0 Å². The van der Waals surface area contributed by atoms with Gasteiger partial charge in [0.1, 0.15) is 22.6 Å². The summed E-state index contributed by atoms with van der Waals surface area (Å²) >= 11 is 0. The van der Waals surface area contributed by atoms with Crippen molar-refractivity contribution >= 4 is 21.9 Å². The molecule has 0 radical (unpaired) electrons. The van der Waals surface area contributed by atoms with Gasteiger partial charge in [-0.05, 0) is 118 Å². The monoisotopic (exact) mass is 695 g/mol. The lowest BCUT2D eigenvalue weighted by Gasteiger charge is -2.23. The molecule has 1 aliphatic carbocycles. The first kappa shape index (κ1) is 32.0. The van der Waals surface area contributed by atoms with Crippen LogP contribution >= 0.6 is 0 Å². The van der Waals surface area contributed by atoms with Crippen LogP contribution in [0.1, 0.15) is 33.4 Å². The highest BCUT2D eigenvalue weighted by molar-refractivity contribution is 6.19. The molecule has 0 unspecified atom stereocenters. The second-order valence-electron chi connectivity index (χ2n) is 14.5. The topological polar surface area (TPSA) is 51.8 Å². The average molecular weight is 696 g/mol. The van der Waals surface area contributed by atoms with Gasteiger partial charge in [0.2, 0.25) is 0 Å². The maximum absolute atomic E-state index is 6.75. The first-order valence-electron chi connectivity index (χ1n) is 18.6. The quantitative estimate of drug-likeness (QED) is 0.180. The van der Waals surface area contributed by atoms with E-state index < -0.39 is 0 Å². The fourth-order valence-corrected chi connectivity index (χ4v) is 8.77. The smallest absolute Gasteiger partial charge is 0.139 e. The van der Waals surface area contributed by atoms with E-state index in [1.165, 1.54) is 38.9 Å². The highest BCUT2D eigenvalue weighted by Crippen LogP contribution is 2.53. The van der Waals surface area contributed by atoms with Crippen LogP contribution in [0.15, 0.2) is 144 Å². The maximum Gasteiger partial charge on any atom is 0.139 e. The van der Waals surface area contributed by atoms with E-state index >= 15 is 0 Å². The molecule has 0 saturated heterocycles. The molecule has 0 atom stereocenters. The fraction of sp³-hybridized carbons (Fsp3) is 0.100. The Morgan fingerprint density at radius 1 is 0.481 bits per heavy atom. The standard InChI is InChI=1S/C50H37N3O/c1-29-27-40-37-23-12-11-21-35(37)28-41(40)44(30(29)2)47-48(38-24-14-13-22-36(38)33-17-7-5-8-18-33)51-53-52-49(47)46-43(34-19-9-6-10-20-34)31(3)32(4)50-45(46)39-25-15-16-26-42(39)54-50/h5-27H,28H2,1-4H3. The van der Waals surface area contributed by atoms with Gasteiger partial charge in [0.25, 0.3) is 0 Å². The number of para-hydroxylation sites is 1. The van der Waals surface area contributed by atoms with Crippen molar-refractivity contribution in [2.45, 2.75) is 34.1 Å². The third-order valence-electron chi connectivity index (χ3n) is 11.6. The number of aryl methyl sites for hydroxylation is 2. The summed E-state index contributed by atoms with van der Waals surface area (Å²) in [7, 11) is 0. The van der Waals surface area contributed by atoms with Crippen LogP contribution in [0, 0.1) is 27.7 Å². The van der Waals surface area contributed by atoms with Crippen LogP contribution in [-0.2, 0) is 6.42 Å². The Kier molecular flexibility index (Phi) is 7.41. The molecule has 1 aliphatic rings. The molecular weight excluding hydrogens is 659 g/mol. The van der Waals surface area contributed by atoms with Gasteiger partial charge in [-0.25, -0.2) is 0 Å². The lowest BCUT2D eigenvalue weighted by Crippen LogP contribution is -2.06. The van der Waals surface area contributed by atoms with Gasteiger partial charge in [-0.2, -0.15) is 0 Å². The molecular formula is C50H37N3O. The van der Waals surface area contributed by atoms with Crippen molar-refractivity contribution in [2.24, 2.45) is 0 Å². The van der Waals surface area contributed by atoms with Crippen LogP contribution in [0.25, 0.3) is 89.0 Å². The predicted octanol–water partition coefficient (Wildman–Crippen LogP) is 12.9. The molecule has 0 saturated carbocycles. The number of fused-ring (bicyclic) bond motifs is 6. The molecule has 4 nitrogen and oxygen atoms in total. The summed E-state index contributed by atoms with van der Waals surface area (Å²) in [6.45, 7) is 8.87. The first-order chi connectivity index (χ1) is 26.5. The number of aromatic nitrogens is 3. The van der Waals surface area contributed by atoms with Crippen LogP contribution in [0.3, 0.4) is 0 Å². The summed E-state index contributed by atoms with van der Waals surface area (Å²) in [6.07, 6.45) is 0.825. The van der Waals surface area contributed by atoms with Crippen molar-refractivity contribution in [3.63, 3.8) is 0 Å². The number of hydrogen-bond donors (Lipinski definition) is 0. The summed E-state index contributed by atoms with van der Waals surface area (Å²) in [5.74, 6) is 0. The van der Waals surface area contributed by atoms with Crippen molar-refractivity contribution in [2.75, 3.05) is 0 Å². The van der Waals surface area contributed by atoms with Crippen LogP contribution in [-0.4, -0.2) is 15.4 Å². The third kappa shape index (κ3) is 4.80. The second-order valence-corrected chi connectivity index (χ2v) is 14.5. The van der Waals surface area contributed by atoms with Gasteiger partial charge in [0, 0.05) is 27.5 Å². The summed E-state index contributed by atoms with van der Waals surface area (Å²) in [4.78, 5) is 0. The molecule has 9 aromatic rings. The lowest BCUT2D eigenvalue weighted by molar-refractivity contribution is 0.665. The molecule has 0 amide bonds. The molecule has 4 heteroatoms. The Labute approximate surface area is 314 Å². The van der Waals surface area contributed by atoms with Gasteiger partial charge in [0.15, 0.2) is 0 Å². The van der Waals surface area contributed by atoms with Gasteiger partial charge in [-0.3, -0.25) is 0 Å². The largest absolute Gasteiger partial charge is 0.456 e. The van der Waals surface area contributed by atoms with E-state index in [4.69, 9.17) is 14.6 Å². The van der Waals surface area contributed by atoms with E-state index in [-0.39, 0.29) is 0 Å². The highest BCUT2D eigenvalue weighted by Gasteiger charge is 2.32. The Hall–Kier alpha value is -6.65. The van der Waals surface area contributed by atoms with E-state index in [0.29, 0.717) is 0 Å². The molecule has 258 valence electrons. The van der Waals surface area contributed by atoms with Crippen molar-refractivity contribution in [3.8, 4) is 67.0 Å². The first-order valence-corrected chi connectivity index (χ1v) is 18.6. The number of furan rings is 1. The third-order valence-corrected chi connectivity index (χ3v) is 11.6. The molecule has 0 spiro atoms. The van der Waals surface area contributed by atoms with Crippen LogP contribution in [0.4, 0.5) is 0 Å². The molecule has 2 heterocycles. The minimum absolute atomic E-state index is 0.799. The molecule has 0 bridgehead atoms. The molecule has 54 heavy (non-hydrogen) atoms. The zero-order valence-corrected chi connectivity index (χ0v) is 30.7. The molecule has 0 N–H and O–H groups in total. The van der Waals surface area contributed by atoms with Crippen molar-refractivity contribution < 1.29 is 4.42 Å². The van der Waals surface area contributed by atoms with E-state index in [2.05, 4.69) is 166 Å². The Bertz CT molecular complexity index is 2940. The van der Waals surface area contributed by atoms with Gasteiger partial charge in [-0.15, -0.1) is 10.2 Å². The molecule has 7 aromatic carbocycles. The maximum atomic E-state index is 6.75. The molecule has 10 rings (SSSR count). The second kappa shape index (κ2) is 12.5. The minimum Gasteiger partial charge on any atom is -0.456 e. The summed E-state index contributed by atoms with van der Waals surface area (Å²) < 4.78 is 6.75. The summed E-state index contributed by atoms with van der Waals surface area (Å²) in [5, 5.41) is 16.9. The number of rotatable bonds is 5. The van der Waals surface area contributed by atoms with Crippen LogP contribution in [0.2, 0.25) is 0 Å². The Balaban J connectivity index is 1.42. The summed E-state index contributed by atoms with van der Waals surface area (Å²) in [6, 6.07) is 49.4. The lowest BCUT2D eigenvalue weighted by atomic mass is 9.81. The number of benzene rings is 7. The van der Waals surface area contributed by atoms with Crippen molar-refractivity contribution in [1.82, 2.24) is 15.4 Å². The zero-order valence-electron chi connectivity index (χ0n) is 30.7.